The van der Waals surface area contributed by atoms with Gasteiger partial charge in [0.2, 0.25) is 0 Å². The Morgan fingerprint density at radius 1 is 1.62 bits per heavy atom. The van der Waals surface area contributed by atoms with Gasteiger partial charge in [0.05, 0.1) is 0 Å². The Labute approximate surface area is 81.2 Å². The smallest absolute Gasteiger partial charge is 0.0476 e. The number of piperidine rings is 1. The maximum absolute atomic E-state index is 9.26. The second-order valence-corrected chi connectivity index (χ2v) is 4.41. The molecule has 2 nitrogen and oxygen atoms in total. The average Bonchev–Trinajstić information content (AvgIpc) is 2.08. The van der Waals surface area contributed by atoms with Crippen LogP contribution in [0.3, 0.4) is 0 Å². The van der Waals surface area contributed by atoms with Crippen LogP contribution in [-0.2, 0) is 0 Å². The van der Waals surface area contributed by atoms with E-state index in [2.05, 4.69) is 25.3 Å². The summed E-state index contributed by atoms with van der Waals surface area (Å²) < 4.78 is 0. The number of hydrogen-bond acceptors (Lipinski definition) is 2. The number of nitrogens with zero attached hydrogens (tertiary/aromatic N) is 1. The van der Waals surface area contributed by atoms with Crippen molar-refractivity contribution >= 4 is 0 Å². The highest BCUT2D eigenvalue weighted by molar-refractivity contribution is 4.94. The van der Waals surface area contributed by atoms with Crippen LogP contribution in [0.15, 0.2) is 12.7 Å². The summed E-state index contributed by atoms with van der Waals surface area (Å²) in [6, 6.07) is 0. The van der Waals surface area contributed by atoms with Gasteiger partial charge in [-0.1, -0.05) is 6.08 Å². The summed E-state index contributed by atoms with van der Waals surface area (Å²) in [5.74, 6) is 0.418. The normalized spacial score (nSPS) is 28.7. The average molecular weight is 183 g/mol. The molecule has 0 aliphatic carbocycles. The lowest BCUT2D eigenvalue weighted by molar-refractivity contribution is 0.00354. The van der Waals surface area contributed by atoms with E-state index in [4.69, 9.17) is 0 Å². The fourth-order valence-electron chi connectivity index (χ4n) is 2.23. The molecule has 1 aliphatic heterocycles. The van der Waals surface area contributed by atoms with Crippen molar-refractivity contribution in [2.24, 2.45) is 5.92 Å². The molecule has 1 unspecified atom stereocenters. The minimum absolute atomic E-state index is 0.126. The summed E-state index contributed by atoms with van der Waals surface area (Å²) in [5, 5.41) is 9.26. The largest absolute Gasteiger partial charge is 0.396 e. The molecular weight excluding hydrogens is 162 g/mol. The first kappa shape index (κ1) is 10.7. The van der Waals surface area contributed by atoms with Gasteiger partial charge in [0.15, 0.2) is 0 Å². The minimum Gasteiger partial charge on any atom is -0.396 e. The standard InChI is InChI=1S/C11H21NO/c1-4-7-12-8-5-6-10(9-13)11(12,2)3/h4,10,13H,1,5-9H2,2-3H3. The molecule has 0 aromatic rings. The highest BCUT2D eigenvalue weighted by atomic mass is 16.3. The minimum atomic E-state index is 0.126. The summed E-state index contributed by atoms with van der Waals surface area (Å²) in [6.45, 7) is 10.6. The Morgan fingerprint density at radius 3 is 2.85 bits per heavy atom. The van der Waals surface area contributed by atoms with Gasteiger partial charge in [-0.25, -0.2) is 0 Å². The molecule has 2 heteroatoms. The lowest BCUT2D eigenvalue weighted by Gasteiger charge is -2.47. The van der Waals surface area contributed by atoms with Gasteiger partial charge in [-0.15, -0.1) is 6.58 Å². The van der Waals surface area contributed by atoms with E-state index in [1.54, 1.807) is 0 Å². The van der Waals surface area contributed by atoms with Crippen LogP contribution in [0, 0.1) is 5.92 Å². The first-order valence-corrected chi connectivity index (χ1v) is 5.09. The van der Waals surface area contributed by atoms with Crippen LogP contribution in [0.5, 0.6) is 0 Å². The summed E-state index contributed by atoms with van der Waals surface area (Å²) >= 11 is 0. The van der Waals surface area contributed by atoms with Crippen LogP contribution < -0.4 is 0 Å². The highest BCUT2D eigenvalue weighted by Crippen LogP contribution is 2.32. The molecule has 0 spiro atoms. The van der Waals surface area contributed by atoms with E-state index in [-0.39, 0.29) is 5.54 Å². The van der Waals surface area contributed by atoms with E-state index >= 15 is 0 Å². The molecule has 1 rings (SSSR count). The molecule has 0 amide bonds. The third kappa shape index (κ3) is 2.12. The van der Waals surface area contributed by atoms with Crippen LogP contribution in [0.1, 0.15) is 26.7 Å². The van der Waals surface area contributed by atoms with Crippen molar-refractivity contribution in [2.45, 2.75) is 32.2 Å². The number of aliphatic hydroxyl groups is 1. The van der Waals surface area contributed by atoms with Gasteiger partial charge in [-0.3, -0.25) is 4.90 Å². The SMILES string of the molecule is C=CCN1CCCC(CO)C1(C)C. The van der Waals surface area contributed by atoms with E-state index in [1.807, 2.05) is 6.08 Å². The van der Waals surface area contributed by atoms with E-state index in [1.165, 1.54) is 6.42 Å². The number of aliphatic hydroxyl groups excluding tert-OH is 1. The number of hydrogen-bond donors (Lipinski definition) is 1. The van der Waals surface area contributed by atoms with Crippen molar-refractivity contribution in [1.29, 1.82) is 0 Å². The summed E-state index contributed by atoms with van der Waals surface area (Å²) in [6.07, 6.45) is 4.29. The van der Waals surface area contributed by atoms with Crippen LogP contribution in [0.25, 0.3) is 0 Å². The Morgan fingerprint density at radius 2 is 2.31 bits per heavy atom. The van der Waals surface area contributed by atoms with E-state index in [0.717, 1.165) is 19.5 Å². The molecule has 0 aromatic carbocycles. The van der Waals surface area contributed by atoms with Gasteiger partial charge < -0.3 is 5.11 Å². The Bertz CT molecular complexity index is 177. The molecule has 1 fully saturated rings. The molecule has 0 bridgehead atoms. The Hall–Kier alpha value is -0.340. The Balaban J connectivity index is 2.68. The van der Waals surface area contributed by atoms with Gasteiger partial charge in [0, 0.05) is 18.7 Å². The molecule has 76 valence electrons. The van der Waals surface area contributed by atoms with E-state index in [9.17, 15) is 5.11 Å². The van der Waals surface area contributed by atoms with E-state index in [0.29, 0.717) is 12.5 Å². The molecule has 1 aliphatic rings. The van der Waals surface area contributed by atoms with Gasteiger partial charge >= 0.3 is 0 Å². The zero-order valence-electron chi connectivity index (χ0n) is 8.79. The summed E-state index contributed by atoms with van der Waals surface area (Å²) in [5.41, 5.74) is 0.126. The molecule has 0 aromatic heterocycles. The van der Waals surface area contributed by atoms with Crippen LogP contribution >= 0.6 is 0 Å². The lowest BCUT2D eigenvalue weighted by Crippen LogP contribution is -2.54. The zero-order chi connectivity index (χ0) is 9.90. The molecule has 1 atom stereocenters. The van der Waals surface area contributed by atoms with E-state index < -0.39 is 0 Å². The van der Waals surface area contributed by atoms with Crippen LogP contribution in [0.4, 0.5) is 0 Å². The van der Waals surface area contributed by atoms with Crippen molar-refractivity contribution in [3.05, 3.63) is 12.7 Å². The fourth-order valence-corrected chi connectivity index (χ4v) is 2.23. The van der Waals surface area contributed by atoms with Crippen molar-refractivity contribution in [1.82, 2.24) is 4.90 Å². The first-order chi connectivity index (χ1) is 6.12. The van der Waals surface area contributed by atoms with Gasteiger partial charge in [-0.05, 0) is 39.2 Å². The van der Waals surface area contributed by atoms with Crippen molar-refractivity contribution in [3.8, 4) is 0 Å². The first-order valence-electron chi connectivity index (χ1n) is 5.09. The third-order valence-corrected chi connectivity index (χ3v) is 3.36. The monoisotopic (exact) mass is 183 g/mol. The third-order valence-electron chi connectivity index (χ3n) is 3.36. The molecular formula is C11H21NO. The van der Waals surface area contributed by atoms with Gasteiger partial charge in [0.1, 0.15) is 0 Å². The second-order valence-electron chi connectivity index (χ2n) is 4.41. The molecule has 1 heterocycles. The van der Waals surface area contributed by atoms with Gasteiger partial charge in [-0.2, -0.15) is 0 Å². The zero-order valence-corrected chi connectivity index (χ0v) is 8.79. The second kappa shape index (κ2) is 4.25. The number of rotatable bonds is 3. The molecule has 1 N–H and O–H groups in total. The topological polar surface area (TPSA) is 23.5 Å². The van der Waals surface area contributed by atoms with Crippen molar-refractivity contribution in [2.75, 3.05) is 19.7 Å². The van der Waals surface area contributed by atoms with Crippen molar-refractivity contribution in [3.63, 3.8) is 0 Å². The van der Waals surface area contributed by atoms with Gasteiger partial charge in [0.25, 0.3) is 0 Å². The summed E-state index contributed by atoms with van der Waals surface area (Å²) in [7, 11) is 0. The number of likely N-dealkylation sites (tertiary alicyclic amines) is 1. The maximum atomic E-state index is 9.26. The highest BCUT2D eigenvalue weighted by Gasteiger charge is 2.37. The molecule has 0 radical (unpaired) electrons. The Kier molecular flexibility index (Phi) is 3.51. The molecule has 13 heavy (non-hydrogen) atoms. The predicted molar refractivity (Wildman–Crippen MR) is 55.7 cm³/mol. The van der Waals surface area contributed by atoms with Crippen LogP contribution in [-0.4, -0.2) is 35.2 Å². The quantitative estimate of drug-likeness (QED) is 0.673. The summed E-state index contributed by atoms with van der Waals surface area (Å²) in [4.78, 5) is 2.41. The lowest BCUT2D eigenvalue weighted by atomic mass is 9.79. The molecule has 1 saturated heterocycles. The predicted octanol–water partition coefficient (Wildman–Crippen LogP) is 1.66. The molecule has 0 saturated carbocycles. The van der Waals surface area contributed by atoms with Crippen LogP contribution in [0.2, 0.25) is 0 Å². The van der Waals surface area contributed by atoms with Crippen molar-refractivity contribution < 1.29 is 5.11 Å². The fraction of sp³-hybridized carbons (Fsp3) is 0.818. The maximum Gasteiger partial charge on any atom is 0.0476 e.